The van der Waals surface area contributed by atoms with E-state index in [-0.39, 0.29) is 11.9 Å². The summed E-state index contributed by atoms with van der Waals surface area (Å²) in [5.41, 5.74) is 7.45. The van der Waals surface area contributed by atoms with Crippen LogP contribution in [0, 0.1) is 0 Å². The summed E-state index contributed by atoms with van der Waals surface area (Å²) in [7, 11) is 0. The van der Waals surface area contributed by atoms with Gasteiger partial charge in [-0.3, -0.25) is 4.79 Å². The summed E-state index contributed by atoms with van der Waals surface area (Å²) in [5, 5.41) is 8.13. The lowest BCUT2D eigenvalue weighted by Crippen LogP contribution is -2.28. The molecule has 0 bridgehead atoms. The van der Waals surface area contributed by atoms with Gasteiger partial charge >= 0.3 is 0 Å². The number of amides is 1. The van der Waals surface area contributed by atoms with Crippen LogP contribution in [0.5, 0.6) is 0 Å². The minimum Gasteiger partial charge on any atom is -0.326 e. The fourth-order valence-electron chi connectivity index (χ4n) is 2.12. The highest BCUT2D eigenvalue weighted by Gasteiger charge is 2.28. The molecule has 6 heteroatoms. The third kappa shape index (κ3) is 1.86. The van der Waals surface area contributed by atoms with Gasteiger partial charge in [0, 0.05) is 24.7 Å². The first-order valence-electron chi connectivity index (χ1n) is 5.77. The number of carbonyl (C=O) groups excluding carboxylic acids is 1. The van der Waals surface area contributed by atoms with E-state index in [1.165, 1.54) is 4.80 Å². The zero-order chi connectivity index (χ0) is 12.5. The predicted octanol–water partition coefficient (Wildman–Crippen LogP) is 0.331. The first-order chi connectivity index (χ1) is 8.74. The summed E-state index contributed by atoms with van der Waals surface area (Å²) >= 11 is 0. The van der Waals surface area contributed by atoms with Crippen LogP contribution < -0.4 is 10.6 Å². The van der Waals surface area contributed by atoms with E-state index in [1.807, 2.05) is 24.3 Å². The van der Waals surface area contributed by atoms with Crippen molar-refractivity contribution in [3.8, 4) is 5.69 Å². The molecule has 2 N–H and O–H groups in total. The maximum absolute atomic E-state index is 11.8. The SMILES string of the molecule is NC1CC(=O)N(c2cccc(-n3nccn3)c2)C1. The van der Waals surface area contributed by atoms with E-state index in [2.05, 4.69) is 10.2 Å². The third-order valence-corrected chi connectivity index (χ3v) is 2.95. The Kier molecular flexibility index (Phi) is 2.56. The molecular weight excluding hydrogens is 230 g/mol. The molecule has 3 rings (SSSR count). The normalized spacial score (nSPS) is 19.5. The lowest BCUT2D eigenvalue weighted by Gasteiger charge is -2.16. The fourth-order valence-corrected chi connectivity index (χ4v) is 2.12. The molecule has 1 unspecified atom stereocenters. The topological polar surface area (TPSA) is 77.0 Å². The zero-order valence-electron chi connectivity index (χ0n) is 9.73. The molecule has 2 aromatic rings. The van der Waals surface area contributed by atoms with Gasteiger partial charge in [-0.1, -0.05) is 6.07 Å². The Morgan fingerprint density at radius 3 is 2.61 bits per heavy atom. The van der Waals surface area contributed by atoms with Crippen LogP contribution in [-0.4, -0.2) is 33.5 Å². The van der Waals surface area contributed by atoms with Crippen LogP contribution in [0.2, 0.25) is 0 Å². The maximum Gasteiger partial charge on any atom is 0.228 e. The van der Waals surface area contributed by atoms with E-state index in [4.69, 9.17) is 5.73 Å². The van der Waals surface area contributed by atoms with E-state index < -0.39 is 0 Å². The molecule has 6 nitrogen and oxygen atoms in total. The second kappa shape index (κ2) is 4.23. The molecule has 1 amide bonds. The number of aromatic nitrogens is 3. The van der Waals surface area contributed by atoms with Crippen molar-refractivity contribution >= 4 is 11.6 Å². The van der Waals surface area contributed by atoms with Crippen LogP contribution in [0.25, 0.3) is 5.69 Å². The van der Waals surface area contributed by atoms with Crippen molar-refractivity contribution in [1.29, 1.82) is 0 Å². The Labute approximate surface area is 104 Å². The van der Waals surface area contributed by atoms with E-state index in [9.17, 15) is 4.79 Å². The average molecular weight is 243 g/mol. The van der Waals surface area contributed by atoms with Crippen molar-refractivity contribution in [1.82, 2.24) is 15.0 Å². The molecule has 1 atom stereocenters. The first kappa shape index (κ1) is 10.9. The molecule has 1 aliphatic rings. The molecule has 0 saturated carbocycles. The number of nitrogens with two attached hydrogens (primary N) is 1. The Bertz CT molecular complexity index is 566. The number of hydrogen-bond donors (Lipinski definition) is 1. The standard InChI is InChI=1S/C12H13N5O/c13-9-6-12(18)16(8-9)10-2-1-3-11(7-10)17-14-4-5-15-17/h1-5,7,9H,6,8,13H2. The van der Waals surface area contributed by atoms with Crippen molar-refractivity contribution < 1.29 is 4.79 Å². The molecule has 0 spiro atoms. The van der Waals surface area contributed by atoms with Crippen molar-refractivity contribution in [2.24, 2.45) is 5.73 Å². The van der Waals surface area contributed by atoms with Gasteiger partial charge in [0.1, 0.15) is 0 Å². The van der Waals surface area contributed by atoms with Gasteiger partial charge in [-0.25, -0.2) is 0 Å². The van der Waals surface area contributed by atoms with Crippen LogP contribution in [-0.2, 0) is 4.79 Å². The average Bonchev–Trinajstić information content (AvgIpc) is 2.99. The molecule has 0 aliphatic carbocycles. The summed E-state index contributed by atoms with van der Waals surface area (Å²) in [6, 6.07) is 7.47. The Morgan fingerprint density at radius 1 is 1.22 bits per heavy atom. The predicted molar refractivity (Wildman–Crippen MR) is 66.3 cm³/mol. The van der Waals surface area contributed by atoms with Gasteiger partial charge in [-0.2, -0.15) is 15.0 Å². The fraction of sp³-hybridized carbons (Fsp3) is 0.250. The van der Waals surface area contributed by atoms with E-state index >= 15 is 0 Å². The van der Waals surface area contributed by atoms with Crippen molar-refractivity contribution in [3.05, 3.63) is 36.7 Å². The molecule has 92 valence electrons. The zero-order valence-corrected chi connectivity index (χ0v) is 9.73. The quantitative estimate of drug-likeness (QED) is 0.824. The monoisotopic (exact) mass is 243 g/mol. The summed E-state index contributed by atoms with van der Waals surface area (Å²) < 4.78 is 0. The smallest absolute Gasteiger partial charge is 0.228 e. The molecule has 1 aliphatic heterocycles. The highest BCUT2D eigenvalue weighted by atomic mass is 16.2. The summed E-state index contributed by atoms with van der Waals surface area (Å²) in [6.45, 7) is 0.564. The van der Waals surface area contributed by atoms with Gasteiger partial charge in [0.15, 0.2) is 0 Å². The Hall–Kier alpha value is -2.21. The van der Waals surface area contributed by atoms with Crippen LogP contribution in [0.15, 0.2) is 36.7 Å². The van der Waals surface area contributed by atoms with Gasteiger partial charge in [0.25, 0.3) is 0 Å². The number of anilines is 1. The Morgan fingerprint density at radius 2 is 1.94 bits per heavy atom. The number of benzene rings is 1. The molecule has 1 fully saturated rings. The minimum atomic E-state index is -0.0796. The van der Waals surface area contributed by atoms with E-state index in [0.717, 1.165) is 11.4 Å². The molecule has 1 aromatic carbocycles. The second-order valence-corrected chi connectivity index (χ2v) is 4.31. The van der Waals surface area contributed by atoms with Crippen LogP contribution in [0.1, 0.15) is 6.42 Å². The second-order valence-electron chi connectivity index (χ2n) is 4.31. The number of nitrogens with zero attached hydrogens (tertiary/aromatic N) is 4. The van der Waals surface area contributed by atoms with Crippen molar-refractivity contribution in [3.63, 3.8) is 0 Å². The summed E-state index contributed by atoms with van der Waals surface area (Å²) in [6.07, 6.45) is 3.64. The molecule has 2 heterocycles. The lowest BCUT2D eigenvalue weighted by atomic mass is 10.2. The van der Waals surface area contributed by atoms with E-state index in [0.29, 0.717) is 13.0 Å². The van der Waals surface area contributed by atoms with Gasteiger partial charge < -0.3 is 10.6 Å². The molecule has 1 aromatic heterocycles. The lowest BCUT2D eigenvalue weighted by molar-refractivity contribution is -0.117. The molecule has 18 heavy (non-hydrogen) atoms. The third-order valence-electron chi connectivity index (χ3n) is 2.95. The highest BCUT2D eigenvalue weighted by Crippen LogP contribution is 2.22. The van der Waals surface area contributed by atoms with Crippen molar-refractivity contribution in [2.45, 2.75) is 12.5 Å². The largest absolute Gasteiger partial charge is 0.326 e. The van der Waals surface area contributed by atoms with Gasteiger partial charge in [0.2, 0.25) is 5.91 Å². The first-order valence-corrected chi connectivity index (χ1v) is 5.77. The van der Waals surface area contributed by atoms with Crippen LogP contribution in [0.3, 0.4) is 0 Å². The van der Waals surface area contributed by atoms with Crippen LogP contribution in [0.4, 0.5) is 5.69 Å². The van der Waals surface area contributed by atoms with Crippen LogP contribution >= 0.6 is 0 Å². The maximum atomic E-state index is 11.8. The summed E-state index contributed by atoms with van der Waals surface area (Å²) in [5.74, 6) is 0.0630. The molecule has 1 saturated heterocycles. The van der Waals surface area contributed by atoms with Gasteiger partial charge in [0.05, 0.1) is 18.1 Å². The van der Waals surface area contributed by atoms with Gasteiger partial charge in [-0.15, -0.1) is 0 Å². The molecular formula is C12H13N5O. The highest BCUT2D eigenvalue weighted by molar-refractivity contribution is 5.96. The number of hydrogen-bond acceptors (Lipinski definition) is 4. The molecule has 0 radical (unpaired) electrons. The minimum absolute atomic E-state index is 0.0630. The number of carbonyl (C=O) groups is 1. The van der Waals surface area contributed by atoms with E-state index in [1.54, 1.807) is 17.3 Å². The Balaban J connectivity index is 1.94. The van der Waals surface area contributed by atoms with Gasteiger partial charge in [-0.05, 0) is 18.2 Å². The summed E-state index contributed by atoms with van der Waals surface area (Å²) in [4.78, 5) is 15.0. The number of rotatable bonds is 2. The van der Waals surface area contributed by atoms with Crippen molar-refractivity contribution in [2.75, 3.05) is 11.4 Å².